The van der Waals surface area contributed by atoms with E-state index >= 15 is 0 Å². The fraction of sp³-hybridized carbons (Fsp3) is 0.755. The topological polar surface area (TPSA) is 186 Å². The van der Waals surface area contributed by atoms with Gasteiger partial charge in [0.05, 0.1) is 6.61 Å². The number of rotatable bonds is 39. The number of aliphatic hydroxyl groups is 3. The van der Waals surface area contributed by atoms with Crippen molar-refractivity contribution in [2.45, 2.75) is 218 Å². The minimum Gasteiger partial charge on any atom is -0.462 e. The molecule has 1 saturated heterocycles. The summed E-state index contributed by atoms with van der Waals surface area (Å²) in [6.07, 6.45) is 38.3. The normalized spacial score (nSPS) is 20.4. The highest BCUT2D eigenvalue weighted by atomic mass is 32.2. The van der Waals surface area contributed by atoms with Gasteiger partial charge >= 0.3 is 11.9 Å². The van der Waals surface area contributed by atoms with E-state index in [0.717, 1.165) is 64.2 Å². The van der Waals surface area contributed by atoms with E-state index in [1.165, 1.54) is 77.0 Å². The van der Waals surface area contributed by atoms with Crippen molar-refractivity contribution in [3.8, 4) is 0 Å². The smallest absolute Gasteiger partial charge is 0.306 e. The molecular formula is C49H84O12S. The van der Waals surface area contributed by atoms with Crippen LogP contribution in [-0.4, -0.2) is 96.0 Å². The fourth-order valence-electron chi connectivity index (χ4n) is 6.83. The molecule has 0 radical (unpaired) electrons. The van der Waals surface area contributed by atoms with E-state index < -0.39 is 71.2 Å². The summed E-state index contributed by atoms with van der Waals surface area (Å²) in [5, 5.41) is 30.9. The van der Waals surface area contributed by atoms with Gasteiger partial charge < -0.3 is 34.3 Å². The molecule has 12 nitrogen and oxygen atoms in total. The second kappa shape index (κ2) is 38.8. The van der Waals surface area contributed by atoms with Gasteiger partial charge in [0.1, 0.15) is 36.8 Å². The number of carbonyl (C=O) groups is 2. The van der Waals surface area contributed by atoms with E-state index in [1.807, 2.05) is 0 Å². The first kappa shape index (κ1) is 57.4. The monoisotopic (exact) mass is 897 g/mol. The van der Waals surface area contributed by atoms with Crippen molar-refractivity contribution in [2.75, 3.05) is 19.0 Å². The lowest BCUT2D eigenvalue weighted by Crippen LogP contribution is -2.60. The standard InChI is InChI=1S/C49H84O12S/c1-3-5-7-9-11-13-15-17-19-20-21-22-24-26-28-30-32-34-36-38-45(51)60-42(40-59-49-48(54)47(53)46(52)43(61-49)41-62(55,56)57)39-58-44(50)37-35-33-31-29-27-25-23-18-16-14-12-10-8-6-4-2/h11,13,17,19,21-22,26-29,42-43,46-49,52-54H,3-10,12,14-16,18,20,23-25,30-41H2,1-2H3,(H,55,56,57)/b13-11+,19-17+,22-21+,28-26+,29-27+/t42-,43-,46-,47?,48?,49+/m1/s1. The van der Waals surface area contributed by atoms with E-state index in [4.69, 9.17) is 18.9 Å². The molecule has 62 heavy (non-hydrogen) atoms. The third-order valence-corrected chi connectivity index (χ3v) is 11.3. The molecule has 1 rings (SSSR count). The summed E-state index contributed by atoms with van der Waals surface area (Å²) in [6.45, 7) is 3.69. The average molecular weight is 897 g/mol. The van der Waals surface area contributed by atoms with Gasteiger partial charge in [-0.15, -0.1) is 0 Å². The quantitative estimate of drug-likeness (QED) is 0.0198. The van der Waals surface area contributed by atoms with Crippen LogP contribution in [0.15, 0.2) is 60.8 Å². The summed E-state index contributed by atoms with van der Waals surface area (Å²) in [5.74, 6) is -2.06. The Morgan fingerprint density at radius 1 is 0.548 bits per heavy atom. The van der Waals surface area contributed by atoms with Gasteiger partial charge in [-0.05, 0) is 83.5 Å². The fourth-order valence-corrected chi connectivity index (χ4v) is 7.52. The van der Waals surface area contributed by atoms with Gasteiger partial charge in [0.15, 0.2) is 12.4 Å². The number of ether oxygens (including phenoxy) is 4. The number of hydrogen-bond acceptors (Lipinski definition) is 11. The van der Waals surface area contributed by atoms with Crippen LogP contribution >= 0.6 is 0 Å². The van der Waals surface area contributed by atoms with E-state index in [0.29, 0.717) is 12.8 Å². The largest absolute Gasteiger partial charge is 0.462 e. The number of allylic oxidation sites excluding steroid dienone is 10. The summed E-state index contributed by atoms with van der Waals surface area (Å²) < 4.78 is 54.1. The zero-order chi connectivity index (χ0) is 45.5. The molecule has 4 N–H and O–H groups in total. The number of esters is 2. The highest BCUT2D eigenvalue weighted by Crippen LogP contribution is 2.24. The summed E-state index contributed by atoms with van der Waals surface area (Å²) in [7, 11) is -4.61. The lowest BCUT2D eigenvalue weighted by Gasteiger charge is -2.40. The van der Waals surface area contributed by atoms with Crippen molar-refractivity contribution < 1.29 is 56.8 Å². The van der Waals surface area contributed by atoms with Gasteiger partial charge in [-0.2, -0.15) is 8.42 Å². The molecule has 0 saturated carbocycles. The van der Waals surface area contributed by atoms with Gasteiger partial charge in [0, 0.05) is 12.8 Å². The van der Waals surface area contributed by atoms with Crippen molar-refractivity contribution >= 4 is 22.1 Å². The van der Waals surface area contributed by atoms with Crippen molar-refractivity contribution in [1.29, 1.82) is 0 Å². The van der Waals surface area contributed by atoms with Crippen LogP contribution in [0.3, 0.4) is 0 Å². The minimum atomic E-state index is -4.61. The molecule has 6 atom stereocenters. The van der Waals surface area contributed by atoms with Crippen molar-refractivity contribution in [3.63, 3.8) is 0 Å². The lowest BCUT2D eigenvalue weighted by molar-refractivity contribution is -0.297. The molecule has 0 aromatic heterocycles. The van der Waals surface area contributed by atoms with Crippen LogP contribution < -0.4 is 0 Å². The summed E-state index contributed by atoms with van der Waals surface area (Å²) in [6, 6.07) is 0. The zero-order valence-electron chi connectivity index (χ0n) is 38.2. The highest BCUT2D eigenvalue weighted by Gasteiger charge is 2.46. The number of aliphatic hydroxyl groups excluding tert-OH is 3. The molecule has 2 unspecified atom stereocenters. The minimum absolute atomic E-state index is 0.121. The molecule has 0 spiro atoms. The Hall–Kier alpha value is -2.65. The maximum atomic E-state index is 12.8. The van der Waals surface area contributed by atoms with E-state index in [1.54, 1.807) is 0 Å². The Morgan fingerprint density at radius 2 is 0.968 bits per heavy atom. The van der Waals surface area contributed by atoms with Crippen molar-refractivity contribution in [3.05, 3.63) is 60.8 Å². The summed E-state index contributed by atoms with van der Waals surface area (Å²) in [5.41, 5.74) is 0. The Labute approximate surface area is 375 Å². The van der Waals surface area contributed by atoms with Crippen molar-refractivity contribution in [1.82, 2.24) is 0 Å². The number of unbranched alkanes of at least 4 members (excludes halogenated alkanes) is 17. The maximum Gasteiger partial charge on any atom is 0.306 e. The Kier molecular flexibility index (Phi) is 35.9. The first-order valence-electron chi connectivity index (χ1n) is 23.8. The highest BCUT2D eigenvalue weighted by molar-refractivity contribution is 7.85. The Bertz CT molecular complexity index is 1370. The van der Waals surface area contributed by atoms with Gasteiger partial charge in [0.25, 0.3) is 10.1 Å². The zero-order valence-corrected chi connectivity index (χ0v) is 39.0. The molecule has 1 aliphatic rings. The molecule has 0 aromatic carbocycles. The van der Waals surface area contributed by atoms with Gasteiger partial charge in [-0.1, -0.05) is 145 Å². The SMILES string of the molecule is CCCCC/C=C/C/C=C/C/C=C/C/C=C/CCCCCC(=O)O[C@H](COC(=O)CCCC/C=C/CCCCCCCCCCC)CO[C@H]1O[C@H](CS(=O)(=O)O)[C@@H](O)C(O)C1O. The van der Waals surface area contributed by atoms with Gasteiger partial charge in [-0.3, -0.25) is 14.1 Å². The molecule has 1 fully saturated rings. The summed E-state index contributed by atoms with van der Waals surface area (Å²) >= 11 is 0. The van der Waals surface area contributed by atoms with Crippen LogP contribution in [0.4, 0.5) is 0 Å². The number of hydrogen-bond donors (Lipinski definition) is 4. The molecule has 1 heterocycles. The molecular weight excluding hydrogens is 813 g/mol. The van der Waals surface area contributed by atoms with E-state index in [9.17, 15) is 37.9 Å². The lowest BCUT2D eigenvalue weighted by atomic mass is 10.00. The van der Waals surface area contributed by atoms with Crippen molar-refractivity contribution in [2.24, 2.45) is 0 Å². The van der Waals surface area contributed by atoms with Crippen LogP contribution in [0.5, 0.6) is 0 Å². The molecule has 0 amide bonds. The second-order valence-electron chi connectivity index (χ2n) is 16.4. The van der Waals surface area contributed by atoms with Gasteiger partial charge in [-0.25, -0.2) is 0 Å². The second-order valence-corrected chi connectivity index (χ2v) is 17.9. The molecule has 0 aromatic rings. The third-order valence-electron chi connectivity index (χ3n) is 10.6. The summed E-state index contributed by atoms with van der Waals surface area (Å²) in [4.78, 5) is 25.4. The predicted molar refractivity (Wildman–Crippen MR) is 247 cm³/mol. The van der Waals surface area contributed by atoms with Crippen LogP contribution in [0.1, 0.15) is 181 Å². The molecule has 13 heteroatoms. The van der Waals surface area contributed by atoms with Crippen LogP contribution in [0.25, 0.3) is 0 Å². The maximum absolute atomic E-state index is 12.8. The predicted octanol–water partition coefficient (Wildman–Crippen LogP) is 10.1. The van der Waals surface area contributed by atoms with E-state index in [-0.39, 0.29) is 19.4 Å². The van der Waals surface area contributed by atoms with E-state index in [2.05, 4.69) is 74.6 Å². The molecule has 0 bridgehead atoms. The Balaban J connectivity index is 2.47. The molecule has 0 aliphatic carbocycles. The Morgan fingerprint density at radius 3 is 1.52 bits per heavy atom. The van der Waals surface area contributed by atoms with Crippen LogP contribution in [-0.2, 0) is 38.7 Å². The van der Waals surface area contributed by atoms with Gasteiger partial charge in [0.2, 0.25) is 0 Å². The molecule has 358 valence electrons. The third kappa shape index (κ3) is 32.9. The first-order valence-corrected chi connectivity index (χ1v) is 25.5. The van der Waals surface area contributed by atoms with Crippen LogP contribution in [0.2, 0.25) is 0 Å². The first-order chi connectivity index (χ1) is 30.0. The number of carbonyl (C=O) groups excluding carboxylic acids is 2. The van der Waals surface area contributed by atoms with Crippen LogP contribution in [0, 0.1) is 0 Å². The average Bonchev–Trinajstić information content (AvgIpc) is 3.24. The molecule has 1 aliphatic heterocycles.